The van der Waals surface area contributed by atoms with Gasteiger partial charge in [-0.2, -0.15) is 0 Å². The zero-order chi connectivity index (χ0) is 9.56. The zero-order valence-electron chi connectivity index (χ0n) is 8.47. The molecule has 0 rings (SSSR count). The van der Waals surface area contributed by atoms with E-state index in [0.717, 1.165) is 12.8 Å². The van der Waals surface area contributed by atoms with Crippen LogP contribution < -0.4 is 5.73 Å². The summed E-state index contributed by atoms with van der Waals surface area (Å²) in [6, 6.07) is 0. The average molecular weight is 171 g/mol. The van der Waals surface area contributed by atoms with Crippen LogP contribution in [0.25, 0.3) is 0 Å². The molecule has 0 radical (unpaired) electrons. The molecule has 0 amide bonds. The fourth-order valence-electron chi connectivity index (χ4n) is 1.02. The SMILES string of the molecule is CC(C)CCC(=O)CC(C)CN. The van der Waals surface area contributed by atoms with Gasteiger partial charge in [-0.1, -0.05) is 20.8 Å². The molecule has 2 nitrogen and oxygen atoms in total. The predicted octanol–water partition coefficient (Wildman–Crippen LogP) is 1.98. The summed E-state index contributed by atoms with van der Waals surface area (Å²) in [5.74, 6) is 1.34. The van der Waals surface area contributed by atoms with E-state index in [0.29, 0.717) is 30.6 Å². The van der Waals surface area contributed by atoms with Crippen molar-refractivity contribution in [2.45, 2.75) is 40.0 Å². The minimum atomic E-state index is 0.352. The highest BCUT2D eigenvalue weighted by Gasteiger charge is 2.07. The van der Waals surface area contributed by atoms with E-state index in [4.69, 9.17) is 5.73 Å². The summed E-state index contributed by atoms with van der Waals surface area (Å²) in [5, 5.41) is 0. The van der Waals surface area contributed by atoms with Gasteiger partial charge in [0.1, 0.15) is 5.78 Å². The lowest BCUT2D eigenvalue weighted by Crippen LogP contribution is -2.15. The van der Waals surface area contributed by atoms with Crippen LogP contribution in [-0.4, -0.2) is 12.3 Å². The fraction of sp³-hybridized carbons (Fsp3) is 0.900. The molecule has 0 aliphatic carbocycles. The van der Waals surface area contributed by atoms with Crippen LogP contribution in [0.15, 0.2) is 0 Å². The van der Waals surface area contributed by atoms with Crippen LogP contribution in [0.2, 0.25) is 0 Å². The molecule has 0 saturated carbocycles. The van der Waals surface area contributed by atoms with Gasteiger partial charge in [-0.05, 0) is 24.8 Å². The second-order valence-corrected chi connectivity index (χ2v) is 4.02. The number of nitrogens with two attached hydrogens (primary N) is 1. The van der Waals surface area contributed by atoms with E-state index in [1.165, 1.54) is 0 Å². The summed E-state index contributed by atoms with van der Waals surface area (Å²) >= 11 is 0. The number of hydrogen-bond donors (Lipinski definition) is 1. The van der Waals surface area contributed by atoms with Crippen LogP contribution in [-0.2, 0) is 4.79 Å². The monoisotopic (exact) mass is 171 g/mol. The van der Waals surface area contributed by atoms with Gasteiger partial charge in [0.05, 0.1) is 0 Å². The van der Waals surface area contributed by atoms with Crippen molar-refractivity contribution in [1.82, 2.24) is 0 Å². The quantitative estimate of drug-likeness (QED) is 0.664. The van der Waals surface area contributed by atoms with Crippen molar-refractivity contribution in [2.24, 2.45) is 17.6 Å². The van der Waals surface area contributed by atoms with E-state index in [-0.39, 0.29) is 0 Å². The summed E-state index contributed by atoms with van der Waals surface area (Å²) in [4.78, 5) is 11.3. The van der Waals surface area contributed by atoms with E-state index in [1.54, 1.807) is 0 Å². The Bertz CT molecular complexity index is 132. The Balaban J connectivity index is 3.46. The normalized spacial score (nSPS) is 13.4. The summed E-state index contributed by atoms with van der Waals surface area (Å²) in [7, 11) is 0. The molecule has 0 bridgehead atoms. The van der Waals surface area contributed by atoms with E-state index >= 15 is 0 Å². The van der Waals surface area contributed by atoms with Crippen LogP contribution in [0.1, 0.15) is 40.0 Å². The molecule has 0 heterocycles. The maximum Gasteiger partial charge on any atom is 0.133 e. The van der Waals surface area contributed by atoms with Gasteiger partial charge < -0.3 is 5.73 Å². The minimum absolute atomic E-state index is 0.352. The maximum atomic E-state index is 11.3. The van der Waals surface area contributed by atoms with E-state index < -0.39 is 0 Å². The summed E-state index contributed by atoms with van der Waals surface area (Å²) in [6.07, 6.45) is 2.39. The highest BCUT2D eigenvalue weighted by Crippen LogP contribution is 2.08. The predicted molar refractivity (Wildman–Crippen MR) is 51.9 cm³/mol. The van der Waals surface area contributed by atoms with E-state index in [9.17, 15) is 4.79 Å². The molecule has 0 saturated heterocycles. The average Bonchev–Trinajstić information content (AvgIpc) is 2.00. The first kappa shape index (κ1) is 11.6. The highest BCUT2D eigenvalue weighted by atomic mass is 16.1. The van der Waals surface area contributed by atoms with Crippen molar-refractivity contribution in [3.63, 3.8) is 0 Å². The van der Waals surface area contributed by atoms with Crippen LogP contribution >= 0.6 is 0 Å². The van der Waals surface area contributed by atoms with Gasteiger partial charge in [0, 0.05) is 12.8 Å². The second-order valence-electron chi connectivity index (χ2n) is 4.02. The van der Waals surface area contributed by atoms with Crippen molar-refractivity contribution in [2.75, 3.05) is 6.54 Å². The van der Waals surface area contributed by atoms with Gasteiger partial charge in [0.2, 0.25) is 0 Å². The van der Waals surface area contributed by atoms with E-state index in [1.807, 2.05) is 6.92 Å². The number of ketones is 1. The molecule has 1 atom stereocenters. The molecule has 1 unspecified atom stereocenters. The first-order valence-corrected chi connectivity index (χ1v) is 4.78. The lowest BCUT2D eigenvalue weighted by Gasteiger charge is -2.07. The van der Waals surface area contributed by atoms with Crippen molar-refractivity contribution in [3.05, 3.63) is 0 Å². The number of carbonyl (C=O) groups excluding carboxylic acids is 1. The minimum Gasteiger partial charge on any atom is -0.330 e. The Hall–Kier alpha value is -0.370. The molecule has 72 valence electrons. The first-order valence-electron chi connectivity index (χ1n) is 4.78. The smallest absolute Gasteiger partial charge is 0.133 e. The molecule has 0 aromatic carbocycles. The molecule has 0 aromatic rings. The molecule has 0 aromatic heterocycles. The molecule has 0 aliphatic rings. The lowest BCUT2D eigenvalue weighted by atomic mass is 9.99. The lowest BCUT2D eigenvalue weighted by molar-refractivity contribution is -0.120. The number of rotatable bonds is 6. The van der Waals surface area contributed by atoms with Crippen LogP contribution in [0.3, 0.4) is 0 Å². The Morgan fingerprint density at radius 1 is 1.33 bits per heavy atom. The number of Topliss-reactive ketones (excluding diaryl/α,β-unsaturated/α-hetero) is 1. The van der Waals surface area contributed by atoms with Gasteiger partial charge >= 0.3 is 0 Å². The largest absolute Gasteiger partial charge is 0.330 e. The molecule has 2 heteroatoms. The summed E-state index contributed by atoms with van der Waals surface area (Å²) < 4.78 is 0. The molecular formula is C10H21NO. The molecule has 12 heavy (non-hydrogen) atoms. The maximum absolute atomic E-state index is 11.3. The number of carbonyl (C=O) groups is 1. The molecule has 0 fully saturated rings. The fourth-order valence-corrected chi connectivity index (χ4v) is 1.02. The Labute approximate surface area is 75.5 Å². The van der Waals surface area contributed by atoms with Gasteiger partial charge in [-0.25, -0.2) is 0 Å². The summed E-state index contributed by atoms with van der Waals surface area (Å²) in [6.45, 7) is 6.92. The van der Waals surface area contributed by atoms with Crippen LogP contribution in [0, 0.1) is 11.8 Å². The molecule has 0 spiro atoms. The van der Waals surface area contributed by atoms with Gasteiger partial charge in [0.15, 0.2) is 0 Å². The van der Waals surface area contributed by atoms with Crippen molar-refractivity contribution in [3.8, 4) is 0 Å². The van der Waals surface area contributed by atoms with Gasteiger partial charge in [-0.15, -0.1) is 0 Å². The van der Waals surface area contributed by atoms with Gasteiger partial charge in [-0.3, -0.25) is 4.79 Å². The van der Waals surface area contributed by atoms with Crippen LogP contribution in [0.5, 0.6) is 0 Å². The van der Waals surface area contributed by atoms with Crippen molar-refractivity contribution < 1.29 is 4.79 Å². The second kappa shape index (κ2) is 6.18. The standard InChI is InChI=1S/C10H21NO/c1-8(2)4-5-10(12)6-9(3)7-11/h8-9H,4-7,11H2,1-3H3. The third-order valence-electron chi connectivity index (χ3n) is 1.98. The van der Waals surface area contributed by atoms with Crippen molar-refractivity contribution >= 4 is 5.78 Å². The third-order valence-corrected chi connectivity index (χ3v) is 1.98. The third kappa shape index (κ3) is 6.35. The van der Waals surface area contributed by atoms with Gasteiger partial charge in [0.25, 0.3) is 0 Å². The molecule has 0 aliphatic heterocycles. The topological polar surface area (TPSA) is 43.1 Å². The molecule has 2 N–H and O–H groups in total. The van der Waals surface area contributed by atoms with Crippen molar-refractivity contribution in [1.29, 1.82) is 0 Å². The Morgan fingerprint density at radius 3 is 2.33 bits per heavy atom. The first-order chi connectivity index (χ1) is 5.56. The van der Waals surface area contributed by atoms with E-state index in [2.05, 4.69) is 13.8 Å². The Morgan fingerprint density at radius 2 is 1.92 bits per heavy atom. The Kier molecular flexibility index (Phi) is 5.99. The zero-order valence-corrected chi connectivity index (χ0v) is 8.47. The highest BCUT2D eigenvalue weighted by molar-refractivity contribution is 5.78. The number of hydrogen-bond acceptors (Lipinski definition) is 2. The van der Waals surface area contributed by atoms with Crippen LogP contribution in [0.4, 0.5) is 0 Å². The molecular weight excluding hydrogens is 150 g/mol. The summed E-state index contributed by atoms with van der Waals surface area (Å²) in [5.41, 5.74) is 5.42.